The van der Waals surface area contributed by atoms with Crippen molar-refractivity contribution in [2.75, 3.05) is 6.61 Å². The number of carbonyl (C=O) groups excluding carboxylic acids is 2. The van der Waals surface area contributed by atoms with Crippen LogP contribution < -0.4 is 0 Å². The van der Waals surface area contributed by atoms with Crippen molar-refractivity contribution in [3.8, 4) is 0 Å². The number of ether oxygens (including phenoxy) is 1. The van der Waals surface area contributed by atoms with E-state index in [1.807, 2.05) is 19.9 Å². The fraction of sp³-hybridized carbons (Fsp3) is 0.733. The molecule has 0 spiro atoms. The molecule has 0 saturated carbocycles. The van der Waals surface area contributed by atoms with Gasteiger partial charge >= 0.3 is 5.97 Å². The molecule has 34 heavy (non-hydrogen) atoms. The zero-order valence-electron chi connectivity index (χ0n) is 23.3. The second-order valence-electron chi connectivity index (χ2n) is 10.1. The van der Waals surface area contributed by atoms with E-state index in [1.54, 1.807) is 33.8 Å². The number of hydrogen-bond donors (Lipinski definition) is 1. The number of Topliss-reactive ketones (excluding diaryl/α,β-unsaturated/α-hetero) is 1. The third kappa shape index (κ3) is 13.9. The van der Waals surface area contributed by atoms with Gasteiger partial charge in [-0.2, -0.15) is 0 Å². The normalized spacial score (nSPS) is 16.7. The molecule has 196 valence electrons. The highest BCUT2D eigenvalue weighted by atomic mass is 16.5. The van der Waals surface area contributed by atoms with Crippen LogP contribution in [0.2, 0.25) is 0 Å². The van der Waals surface area contributed by atoms with Gasteiger partial charge in [0.25, 0.3) is 0 Å². The standard InChI is InChI=1S/C30H52O4/c1-9-11-12-13-14-15-16-17-18-23(4)28(31)24(5)19-22(3)20-25(6)29(32)26(7)21-27(8)30(33)34-10-2/h19-21,23-24,26,28,31H,9-18H2,1-8H3/b22-19+,25-20+,27-21+/t23-,24-,26+,28-/m0/s1. The molecule has 0 heterocycles. The summed E-state index contributed by atoms with van der Waals surface area (Å²) in [4.78, 5) is 24.5. The summed E-state index contributed by atoms with van der Waals surface area (Å²) < 4.78 is 4.98. The molecule has 0 aliphatic carbocycles. The highest BCUT2D eigenvalue weighted by Gasteiger charge is 2.20. The first kappa shape index (κ1) is 32.3. The van der Waals surface area contributed by atoms with E-state index in [0.717, 1.165) is 12.0 Å². The summed E-state index contributed by atoms with van der Waals surface area (Å²) in [6, 6.07) is 0. The Kier molecular flexibility index (Phi) is 17.7. The lowest BCUT2D eigenvalue weighted by molar-refractivity contribution is -0.138. The lowest BCUT2D eigenvalue weighted by atomic mass is 9.88. The number of rotatable bonds is 18. The van der Waals surface area contributed by atoms with Gasteiger partial charge in [0.15, 0.2) is 5.78 Å². The Morgan fingerprint density at radius 2 is 1.38 bits per heavy atom. The maximum atomic E-state index is 12.7. The van der Waals surface area contributed by atoms with Crippen molar-refractivity contribution >= 4 is 11.8 Å². The van der Waals surface area contributed by atoms with E-state index in [2.05, 4.69) is 19.9 Å². The van der Waals surface area contributed by atoms with Crippen molar-refractivity contribution in [2.45, 2.75) is 119 Å². The summed E-state index contributed by atoms with van der Waals surface area (Å²) in [5.41, 5.74) is 2.06. The fourth-order valence-electron chi connectivity index (χ4n) is 4.39. The van der Waals surface area contributed by atoms with Gasteiger partial charge in [-0.3, -0.25) is 4.79 Å². The monoisotopic (exact) mass is 476 g/mol. The fourth-order valence-corrected chi connectivity index (χ4v) is 4.39. The topological polar surface area (TPSA) is 63.6 Å². The van der Waals surface area contributed by atoms with E-state index in [0.29, 0.717) is 17.8 Å². The molecule has 4 heteroatoms. The number of esters is 1. The van der Waals surface area contributed by atoms with Crippen LogP contribution in [-0.4, -0.2) is 29.6 Å². The molecule has 0 aliphatic heterocycles. The Morgan fingerprint density at radius 1 is 0.824 bits per heavy atom. The van der Waals surface area contributed by atoms with Crippen molar-refractivity contribution in [1.29, 1.82) is 0 Å². The molecule has 0 radical (unpaired) electrons. The summed E-state index contributed by atoms with van der Waals surface area (Å²) >= 11 is 0. The van der Waals surface area contributed by atoms with Gasteiger partial charge in [-0.1, -0.05) is 103 Å². The molecule has 0 aromatic carbocycles. The maximum absolute atomic E-state index is 12.7. The van der Waals surface area contributed by atoms with E-state index in [-0.39, 0.29) is 23.6 Å². The third-order valence-corrected chi connectivity index (χ3v) is 6.50. The van der Waals surface area contributed by atoms with Crippen LogP contribution in [0.1, 0.15) is 113 Å². The molecule has 0 rings (SSSR count). The molecule has 0 fully saturated rings. The van der Waals surface area contributed by atoms with Gasteiger partial charge in [0.2, 0.25) is 0 Å². The van der Waals surface area contributed by atoms with E-state index in [4.69, 9.17) is 4.74 Å². The Hall–Kier alpha value is -1.68. The maximum Gasteiger partial charge on any atom is 0.333 e. The summed E-state index contributed by atoms with van der Waals surface area (Å²) in [5.74, 6) is -0.534. The molecule has 0 unspecified atom stereocenters. The van der Waals surface area contributed by atoms with Crippen molar-refractivity contribution in [3.63, 3.8) is 0 Å². The summed E-state index contributed by atoms with van der Waals surface area (Å²) in [6.45, 7) is 15.7. The molecule has 0 bridgehead atoms. The highest BCUT2D eigenvalue weighted by molar-refractivity contribution is 5.99. The Balaban J connectivity index is 4.70. The second kappa shape index (κ2) is 18.6. The first-order chi connectivity index (χ1) is 16.0. The molecule has 4 nitrogen and oxygen atoms in total. The molecule has 0 saturated heterocycles. The first-order valence-electron chi connectivity index (χ1n) is 13.5. The minimum absolute atomic E-state index is 0.0200. The average molecular weight is 477 g/mol. The van der Waals surface area contributed by atoms with Crippen molar-refractivity contribution < 1.29 is 19.4 Å². The van der Waals surface area contributed by atoms with E-state index in [9.17, 15) is 14.7 Å². The second-order valence-corrected chi connectivity index (χ2v) is 10.1. The average Bonchev–Trinajstić information content (AvgIpc) is 2.79. The van der Waals surface area contributed by atoms with Gasteiger partial charge in [-0.15, -0.1) is 0 Å². The van der Waals surface area contributed by atoms with Gasteiger partial charge in [0.1, 0.15) is 0 Å². The van der Waals surface area contributed by atoms with Gasteiger partial charge in [0, 0.05) is 17.4 Å². The highest BCUT2D eigenvalue weighted by Crippen LogP contribution is 2.22. The Bertz CT molecular complexity index is 686. The molecule has 1 N–H and O–H groups in total. The van der Waals surface area contributed by atoms with Gasteiger partial charge < -0.3 is 9.84 Å². The van der Waals surface area contributed by atoms with Crippen LogP contribution in [0.15, 0.2) is 34.9 Å². The van der Waals surface area contributed by atoms with Crippen LogP contribution in [0.5, 0.6) is 0 Å². The zero-order valence-corrected chi connectivity index (χ0v) is 23.3. The van der Waals surface area contributed by atoms with Crippen LogP contribution in [0.3, 0.4) is 0 Å². The number of hydrogen-bond acceptors (Lipinski definition) is 4. The van der Waals surface area contributed by atoms with Crippen LogP contribution in [-0.2, 0) is 14.3 Å². The number of allylic oxidation sites excluding steroid dienone is 4. The Labute approximate surface area is 209 Å². The molecule has 4 atom stereocenters. The Morgan fingerprint density at radius 3 is 1.94 bits per heavy atom. The number of unbranched alkanes of at least 4 members (excludes halogenated alkanes) is 7. The van der Waals surface area contributed by atoms with Crippen LogP contribution in [0, 0.1) is 17.8 Å². The number of ketones is 1. The van der Waals surface area contributed by atoms with Crippen LogP contribution in [0.25, 0.3) is 0 Å². The quantitative estimate of drug-likeness (QED) is 0.0950. The SMILES string of the molecule is CCCCCCCCCC[C@H](C)[C@H](O)[C@@H](C)/C=C(C)/C=C(\C)C(=O)[C@H](C)/C=C(\C)C(=O)OCC. The van der Waals surface area contributed by atoms with Gasteiger partial charge in [-0.25, -0.2) is 4.79 Å². The smallest absolute Gasteiger partial charge is 0.333 e. The first-order valence-corrected chi connectivity index (χ1v) is 13.5. The lowest BCUT2D eigenvalue weighted by Crippen LogP contribution is -2.24. The van der Waals surface area contributed by atoms with E-state index in [1.165, 1.54) is 51.4 Å². The van der Waals surface area contributed by atoms with Crippen molar-refractivity contribution in [1.82, 2.24) is 0 Å². The van der Waals surface area contributed by atoms with Crippen molar-refractivity contribution in [3.05, 3.63) is 34.9 Å². The molecule has 0 aromatic rings. The molecule has 0 amide bonds. The predicted molar refractivity (Wildman–Crippen MR) is 144 cm³/mol. The zero-order chi connectivity index (χ0) is 26.1. The summed E-state index contributed by atoms with van der Waals surface area (Å²) in [7, 11) is 0. The minimum atomic E-state index is -0.400. The molecule has 0 aliphatic rings. The van der Waals surface area contributed by atoms with Crippen molar-refractivity contribution in [2.24, 2.45) is 17.8 Å². The van der Waals surface area contributed by atoms with Crippen LogP contribution in [0.4, 0.5) is 0 Å². The van der Waals surface area contributed by atoms with Crippen LogP contribution >= 0.6 is 0 Å². The number of aliphatic hydroxyl groups excluding tert-OH is 1. The third-order valence-electron chi connectivity index (χ3n) is 6.50. The molecular weight excluding hydrogens is 424 g/mol. The summed E-state index contributed by atoms with van der Waals surface area (Å²) in [5, 5.41) is 10.8. The van der Waals surface area contributed by atoms with Gasteiger partial charge in [0.05, 0.1) is 12.7 Å². The van der Waals surface area contributed by atoms with E-state index < -0.39 is 12.0 Å². The molecular formula is C30H52O4. The summed E-state index contributed by atoms with van der Waals surface area (Å²) in [6.07, 6.45) is 16.6. The molecule has 0 aromatic heterocycles. The number of aliphatic hydroxyl groups is 1. The van der Waals surface area contributed by atoms with E-state index >= 15 is 0 Å². The van der Waals surface area contributed by atoms with Gasteiger partial charge in [-0.05, 0) is 45.6 Å². The lowest BCUT2D eigenvalue weighted by Gasteiger charge is -2.23. The predicted octanol–water partition coefficient (Wildman–Crippen LogP) is 7.76. The largest absolute Gasteiger partial charge is 0.463 e. The number of carbonyl (C=O) groups is 2. The minimum Gasteiger partial charge on any atom is -0.463 e.